The monoisotopic (exact) mass is 348 g/mol. The minimum absolute atomic E-state index is 0. The molecule has 0 aliphatic carbocycles. The van der Waals surface area contributed by atoms with Crippen LogP contribution in [-0.4, -0.2) is 57.9 Å². The number of benzene rings is 1. The quantitative estimate of drug-likeness (QED) is 0.726. The minimum Gasteiger partial charge on any atom is -0.344 e. The number of nitrogens with zero attached hydrogens (tertiary/aromatic N) is 1. The van der Waals surface area contributed by atoms with Crippen LogP contribution in [0.2, 0.25) is 0 Å². The van der Waals surface area contributed by atoms with Crippen LogP contribution in [0.4, 0.5) is 0 Å². The molecule has 1 amide bonds. The minimum atomic E-state index is -3.33. The summed E-state index contributed by atoms with van der Waals surface area (Å²) < 4.78 is 23.9. The molecule has 0 radical (unpaired) electrons. The molecule has 5 nitrogen and oxygen atoms in total. The van der Waals surface area contributed by atoms with Crippen LogP contribution in [0.5, 0.6) is 0 Å². The van der Waals surface area contributed by atoms with Gasteiger partial charge in [0.15, 0.2) is 9.84 Å². The first-order chi connectivity index (χ1) is 9.94. The third kappa shape index (κ3) is 8.36. The number of rotatable bonds is 9. The van der Waals surface area contributed by atoms with Gasteiger partial charge in [-0.05, 0) is 25.5 Å². The lowest BCUT2D eigenvalue weighted by Gasteiger charge is -2.16. The molecule has 0 aliphatic rings. The highest BCUT2D eigenvalue weighted by Crippen LogP contribution is 2.05. The molecule has 0 saturated carbocycles. The van der Waals surface area contributed by atoms with E-state index in [-0.39, 0.29) is 24.1 Å². The summed E-state index contributed by atoms with van der Waals surface area (Å²) in [7, 11) is 0.0819. The van der Waals surface area contributed by atoms with Gasteiger partial charge in [0.2, 0.25) is 5.91 Å². The molecule has 0 spiro atoms. The van der Waals surface area contributed by atoms with Crippen molar-refractivity contribution in [3.63, 3.8) is 0 Å². The molecule has 1 rings (SSSR count). The second kappa shape index (κ2) is 10.6. The van der Waals surface area contributed by atoms with Crippen molar-refractivity contribution in [1.29, 1.82) is 0 Å². The average Bonchev–Trinajstić information content (AvgIpc) is 2.45. The van der Waals surface area contributed by atoms with Crippen molar-refractivity contribution in [2.45, 2.75) is 12.8 Å². The number of sulfone groups is 1. The van der Waals surface area contributed by atoms with Crippen LogP contribution in [0.25, 0.3) is 0 Å². The van der Waals surface area contributed by atoms with E-state index in [0.717, 1.165) is 5.56 Å². The molecule has 0 saturated heterocycles. The summed E-state index contributed by atoms with van der Waals surface area (Å²) in [6, 6.07) is 9.75. The number of hydrogen-bond acceptors (Lipinski definition) is 4. The second-order valence-corrected chi connectivity index (χ2v) is 7.28. The summed E-state index contributed by atoms with van der Waals surface area (Å²) in [5.74, 6) is -0.694. The number of hydrogen-bond donors (Lipinski definition) is 1. The average molecular weight is 349 g/mol. The molecule has 1 aromatic carbocycles. The molecule has 0 aliphatic heterocycles. The third-order valence-corrected chi connectivity index (χ3v) is 4.83. The molecular formula is C15H25ClN2O3S. The van der Waals surface area contributed by atoms with Gasteiger partial charge in [-0.1, -0.05) is 30.3 Å². The van der Waals surface area contributed by atoms with Gasteiger partial charge >= 0.3 is 0 Å². The van der Waals surface area contributed by atoms with E-state index < -0.39 is 15.6 Å². The standard InChI is InChI=1S/C15H24N2O3S.ClH/c1-16-10-11-17(2)15(18)13-21(19,20)12-6-9-14-7-4-3-5-8-14;/h3-5,7-8,16H,6,9-13H2,1-2H3;1H. The Kier molecular flexibility index (Phi) is 10.1. The van der Waals surface area contributed by atoms with E-state index in [9.17, 15) is 13.2 Å². The summed E-state index contributed by atoms with van der Waals surface area (Å²) in [6.45, 7) is 1.16. The molecule has 1 aromatic rings. The number of nitrogens with one attached hydrogen (secondary N) is 1. The van der Waals surface area contributed by atoms with Crippen LogP contribution in [0.15, 0.2) is 30.3 Å². The Balaban J connectivity index is 0.00000441. The Labute approximate surface area is 139 Å². The number of carbonyl (C=O) groups excluding carboxylic acids is 1. The Morgan fingerprint density at radius 1 is 1.23 bits per heavy atom. The Hall–Kier alpha value is -1.11. The molecule has 1 N–H and O–H groups in total. The van der Waals surface area contributed by atoms with E-state index >= 15 is 0 Å². The zero-order valence-electron chi connectivity index (χ0n) is 13.1. The number of halogens is 1. The molecule has 126 valence electrons. The van der Waals surface area contributed by atoms with E-state index in [1.807, 2.05) is 30.3 Å². The van der Waals surface area contributed by atoms with Crippen LogP contribution >= 0.6 is 12.4 Å². The Morgan fingerprint density at radius 3 is 2.45 bits per heavy atom. The largest absolute Gasteiger partial charge is 0.344 e. The summed E-state index contributed by atoms with van der Waals surface area (Å²) in [6.07, 6.45) is 1.25. The van der Waals surface area contributed by atoms with Crippen molar-refractivity contribution < 1.29 is 13.2 Å². The van der Waals surface area contributed by atoms with Crippen LogP contribution in [0, 0.1) is 0 Å². The fourth-order valence-corrected chi connectivity index (χ4v) is 3.24. The maximum Gasteiger partial charge on any atom is 0.237 e. The lowest BCUT2D eigenvalue weighted by molar-refractivity contribution is -0.127. The highest BCUT2D eigenvalue weighted by Gasteiger charge is 2.19. The summed E-state index contributed by atoms with van der Waals surface area (Å²) in [4.78, 5) is 13.3. The summed E-state index contributed by atoms with van der Waals surface area (Å²) >= 11 is 0. The highest BCUT2D eigenvalue weighted by molar-refractivity contribution is 7.92. The molecule has 0 bridgehead atoms. The lowest BCUT2D eigenvalue weighted by Crippen LogP contribution is -2.37. The van der Waals surface area contributed by atoms with Crippen molar-refractivity contribution in [2.24, 2.45) is 0 Å². The van der Waals surface area contributed by atoms with E-state index in [0.29, 0.717) is 25.9 Å². The predicted molar refractivity (Wildman–Crippen MR) is 92.2 cm³/mol. The first-order valence-electron chi connectivity index (χ1n) is 7.07. The SMILES string of the molecule is CNCCN(C)C(=O)CS(=O)(=O)CCCc1ccccc1.Cl. The Morgan fingerprint density at radius 2 is 1.86 bits per heavy atom. The van der Waals surface area contributed by atoms with Crippen molar-refractivity contribution in [1.82, 2.24) is 10.2 Å². The van der Waals surface area contributed by atoms with Gasteiger partial charge in [0, 0.05) is 20.1 Å². The summed E-state index contributed by atoms with van der Waals surface area (Å²) in [5.41, 5.74) is 1.12. The predicted octanol–water partition coefficient (Wildman–Crippen LogP) is 1.13. The van der Waals surface area contributed by atoms with Crippen molar-refractivity contribution in [3.05, 3.63) is 35.9 Å². The van der Waals surface area contributed by atoms with Crippen LogP contribution < -0.4 is 5.32 Å². The van der Waals surface area contributed by atoms with Crippen molar-refractivity contribution in [3.8, 4) is 0 Å². The van der Waals surface area contributed by atoms with Gasteiger partial charge in [0.25, 0.3) is 0 Å². The van der Waals surface area contributed by atoms with E-state index in [1.54, 1.807) is 14.1 Å². The fraction of sp³-hybridized carbons (Fsp3) is 0.533. The van der Waals surface area contributed by atoms with Gasteiger partial charge in [0.05, 0.1) is 5.75 Å². The molecule has 7 heteroatoms. The Bertz CT molecular complexity index is 535. The molecule has 22 heavy (non-hydrogen) atoms. The maximum atomic E-state index is 11.9. The first-order valence-corrected chi connectivity index (χ1v) is 8.89. The van der Waals surface area contributed by atoms with E-state index in [4.69, 9.17) is 0 Å². The zero-order chi connectivity index (χ0) is 15.7. The zero-order valence-corrected chi connectivity index (χ0v) is 14.8. The molecule has 0 fully saturated rings. The third-order valence-electron chi connectivity index (χ3n) is 3.23. The van der Waals surface area contributed by atoms with Crippen LogP contribution in [0.1, 0.15) is 12.0 Å². The molecular weight excluding hydrogens is 324 g/mol. The maximum absolute atomic E-state index is 11.9. The molecule has 0 atom stereocenters. The molecule has 0 unspecified atom stereocenters. The van der Waals surface area contributed by atoms with Gasteiger partial charge in [-0.15, -0.1) is 12.4 Å². The van der Waals surface area contributed by atoms with Crippen LogP contribution in [-0.2, 0) is 21.1 Å². The van der Waals surface area contributed by atoms with E-state index in [2.05, 4.69) is 5.32 Å². The topological polar surface area (TPSA) is 66.5 Å². The number of likely N-dealkylation sites (N-methyl/N-ethyl adjacent to an activating group) is 2. The molecule has 0 heterocycles. The fourth-order valence-electron chi connectivity index (χ4n) is 1.92. The van der Waals surface area contributed by atoms with Gasteiger partial charge in [0.1, 0.15) is 5.75 Å². The van der Waals surface area contributed by atoms with E-state index in [1.165, 1.54) is 4.90 Å². The van der Waals surface area contributed by atoms with Gasteiger partial charge in [-0.25, -0.2) is 8.42 Å². The lowest BCUT2D eigenvalue weighted by atomic mass is 10.1. The van der Waals surface area contributed by atoms with Gasteiger partial charge in [-0.3, -0.25) is 4.79 Å². The number of carbonyl (C=O) groups is 1. The molecule has 0 aromatic heterocycles. The van der Waals surface area contributed by atoms with Gasteiger partial charge < -0.3 is 10.2 Å². The van der Waals surface area contributed by atoms with Crippen molar-refractivity contribution in [2.75, 3.05) is 38.7 Å². The number of aryl methyl sites for hydroxylation is 1. The second-order valence-electron chi connectivity index (χ2n) is 5.10. The van der Waals surface area contributed by atoms with Crippen LogP contribution in [0.3, 0.4) is 0 Å². The van der Waals surface area contributed by atoms with Gasteiger partial charge in [-0.2, -0.15) is 0 Å². The smallest absolute Gasteiger partial charge is 0.237 e. The normalized spacial score (nSPS) is 10.8. The summed E-state index contributed by atoms with van der Waals surface area (Å²) in [5, 5.41) is 2.93. The van der Waals surface area contributed by atoms with Crippen molar-refractivity contribution >= 4 is 28.2 Å². The first kappa shape index (κ1) is 20.9. The highest BCUT2D eigenvalue weighted by atomic mass is 35.5. The number of amides is 1.